The summed E-state index contributed by atoms with van der Waals surface area (Å²) in [6, 6.07) is 3.98. The second-order valence-electron chi connectivity index (χ2n) is 5.52. The number of esters is 1. The van der Waals surface area contributed by atoms with Crippen molar-refractivity contribution in [1.82, 2.24) is 19.7 Å². The summed E-state index contributed by atoms with van der Waals surface area (Å²) in [5.74, 6) is 0.833. The fourth-order valence-electron chi connectivity index (χ4n) is 2.64. The van der Waals surface area contributed by atoms with Crippen LogP contribution < -0.4 is 0 Å². The van der Waals surface area contributed by atoms with E-state index < -0.39 is 0 Å². The number of carbonyl (C=O) groups excluding carboxylic acids is 2. The van der Waals surface area contributed by atoms with Gasteiger partial charge in [0.15, 0.2) is 11.0 Å². The van der Waals surface area contributed by atoms with Crippen LogP contribution in [0, 0.1) is 0 Å². The molecule has 2 aromatic rings. The molecule has 0 atom stereocenters. The molecule has 3 heterocycles. The normalized spacial score (nSPS) is 14.3. The van der Waals surface area contributed by atoms with Crippen molar-refractivity contribution in [3.05, 3.63) is 17.5 Å². The van der Waals surface area contributed by atoms with E-state index in [1.807, 2.05) is 29.0 Å². The molecule has 1 fully saturated rings. The van der Waals surface area contributed by atoms with Crippen LogP contribution in [0.4, 0.5) is 0 Å². The van der Waals surface area contributed by atoms with Gasteiger partial charge in [0, 0.05) is 19.5 Å². The van der Waals surface area contributed by atoms with Gasteiger partial charge in [-0.1, -0.05) is 17.8 Å². The number of thiophene rings is 1. The molecule has 2 aromatic heterocycles. The molecular weight excluding hydrogens is 360 g/mol. The molecule has 0 unspecified atom stereocenters. The minimum absolute atomic E-state index is 0.141. The van der Waals surface area contributed by atoms with Gasteiger partial charge in [0.05, 0.1) is 17.2 Å². The lowest BCUT2D eigenvalue weighted by atomic mass is 10.4. The number of aromatic nitrogens is 3. The van der Waals surface area contributed by atoms with Crippen molar-refractivity contribution in [2.75, 3.05) is 25.4 Å². The summed E-state index contributed by atoms with van der Waals surface area (Å²) < 4.78 is 7.21. The topological polar surface area (TPSA) is 77.3 Å². The zero-order valence-electron chi connectivity index (χ0n) is 14.0. The van der Waals surface area contributed by atoms with Crippen LogP contribution >= 0.6 is 23.1 Å². The first-order valence-electron chi connectivity index (χ1n) is 8.22. The Morgan fingerprint density at radius 1 is 1.44 bits per heavy atom. The molecule has 134 valence electrons. The molecule has 0 saturated carbocycles. The second kappa shape index (κ2) is 8.48. The minimum Gasteiger partial charge on any atom is -0.463 e. The van der Waals surface area contributed by atoms with E-state index in [2.05, 4.69) is 10.2 Å². The highest BCUT2D eigenvalue weighted by atomic mass is 32.2. The standard InChI is InChI=1S/C16H20N4O3S2/c1-2-20-15(12-5-4-10-24-12)17-18-16(20)25-11-14(22)23-9-8-19-7-3-6-13(19)21/h4-5,10H,2-3,6-9,11H2,1H3. The molecule has 1 aliphatic heterocycles. The smallest absolute Gasteiger partial charge is 0.316 e. The predicted octanol–water partition coefficient (Wildman–Crippen LogP) is 2.28. The van der Waals surface area contributed by atoms with Crippen LogP contribution in [0.15, 0.2) is 22.7 Å². The molecule has 0 bridgehead atoms. The first-order valence-corrected chi connectivity index (χ1v) is 10.1. The Bertz CT molecular complexity index is 730. The number of amides is 1. The fourth-order valence-corrected chi connectivity index (χ4v) is 4.16. The van der Waals surface area contributed by atoms with Crippen molar-refractivity contribution in [3.8, 4) is 10.7 Å². The van der Waals surface area contributed by atoms with Crippen molar-refractivity contribution in [2.24, 2.45) is 0 Å². The lowest BCUT2D eigenvalue weighted by Crippen LogP contribution is -2.29. The van der Waals surface area contributed by atoms with Gasteiger partial charge in [0.25, 0.3) is 0 Å². The van der Waals surface area contributed by atoms with Crippen molar-refractivity contribution >= 4 is 35.0 Å². The van der Waals surface area contributed by atoms with Gasteiger partial charge in [-0.25, -0.2) is 0 Å². The molecule has 1 aliphatic rings. The number of ether oxygens (including phenoxy) is 1. The molecule has 7 nitrogen and oxygen atoms in total. The second-order valence-corrected chi connectivity index (χ2v) is 7.41. The predicted molar refractivity (Wildman–Crippen MR) is 96.5 cm³/mol. The molecule has 0 aromatic carbocycles. The third-order valence-electron chi connectivity index (χ3n) is 3.89. The summed E-state index contributed by atoms with van der Waals surface area (Å²) >= 11 is 2.93. The Morgan fingerprint density at radius 2 is 2.32 bits per heavy atom. The van der Waals surface area contributed by atoms with E-state index in [-0.39, 0.29) is 24.2 Å². The van der Waals surface area contributed by atoms with E-state index in [1.54, 1.807) is 16.2 Å². The summed E-state index contributed by atoms with van der Waals surface area (Å²) in [4.78, 5) is 26.2. The van der Waals surface area contributed by atoms with Crippen LogP contribution in [0.1, 0.15) is 19.8 Å². The van der Waals surface area contributed by atoms with Gasteiger partial charge < -0.3 is 14.2 Å². The quantitative estimate of drug-likeness (QED) is 0.516. The molecule has 1 amide bonds. The van der Waals surface area contributed by atoms with E-state index in [0.29, 0.717) is 18.1 Å². The highest BCUT2D eigenvalue weighted by Crippen LogP contribution is 2.27. The average Bonchev–Trinajstić information content (AvgIpc) is 3.33. The molecule has 0 aliphatic carbocycles. The molecule has 9 heteroatoms. The van der Waals surface area contributed by atoms with E-state index in [1.165, 1.54) is 11.8 Å². The van der Waals surface area contributed by atoms with E-state index in [4.69, 9.17) is 4.74 Å². The Morgan fingerprint density at radius 3 is 3.00 bits per heavy atom. The van der Waals surface area contributed by atoms with Gasteiger partial charge in [0.1, 0.15) is 6.61 Å². The van der Waals surface area contributed by atoms with Gasteiger partial charge in [-0.2, -0.15) is 0 Å². The SMILES string of the molecule is CCn1c(SCC(=O)OCCN2CCCC2=O)nnc1-c1cccs1. The van der Waals surface area contributed by atoms with Crippen molar-refractivity contribution in [3.63, 3.8) is 0 Å². The van der Waals surface area contributed by atoms with Crippen molar-refractivity contribution in [2.45, 2.75) is 31.5 Å². The first kappa shape index (κ1) is 17.9. The lowest BCUT2D eigenvalue weighted by molar-refractivity contribution is -0.142. The third kappa shape index (κ3) is 4.40. The summed E-state index contributed by atoms with van der Waals surface area (Å²) in [7, 11) is 0. The van der Waals surface area contributed by atoms with Crippen LogP contribution in [0.2, 0.25) is 0 Å². The summed E-state index contributed by atoms with van der Waals surface area (Å²) in [6.45, 7) is 4.23. The monoisotopic (exact) mass is 380 g/mol. The number of carbonyl (C=O) groups is 2. The van der Waals surface area contributed by atoms with Crippen molar-refractivity contribution < 1.29 is 14.3 Å². The Hall–Kier alpha value is -1.87. The number of hydrogen-bond acceptors (Lipinski definition) is 7. The number of nitrogens with zero attached hydrogens (tertiary/aromatic N) is 4. The van der Waals surface area contributed by atoms with Gasteiger partial charge in [0.2, 0.25) is 5.91 Å². The van der Waals surface area contributed by atoms with Gasteiger partial charge in [-0.3, -0.25) is 9.59 Å². The number of hydrogen-bond donors (Lipinski definition) is 0. The van der Waals surface area contributed by atoms with Gasteiger partial charge in [-0.15, -0.1) is 21.5 Å². The van der Waals surface area contributed by atoms with Crippen LogP contribution in [0.5, 0.6) is 0 Å². The molecule has 3 rings (SSSR count). The first-order chi connectivity index (χ1) is 12.2. The van der Waals surface area contributed by atoms with E-state index >= 15 is 0 Å². The zero-order valence-corrected chi connectivity index (χ0v) is 15.6. The molecule has 0 N–H and O–H groups in total. The maximum Gasteiger partial charge on any atom is 0.316 e. The van der Waals surface area contributed by atoms with Crippen LogP contribution in [0.25, 0.3) is 10.7 Å². The molecule has 0 spiro atoms. The largest absolute Gasteiger partial charge is 0.463 e. The van der Waals surface area contributed by atoms with Crippen molar-refractivity contribution in [1.29, 1.82) is 0 Å². The molecule has 1 saturated heterocycles. The minimum atomic E-state index is -0.306. The summed E-state index contributed by atoms with van der Waals surface area (Å²) in [5.41, 5.74) is 0. The molecule has 0 radical (unpaired) electrons. The maximum atomic E-state index is 11.9. The average molecular weight is 380 g/mol. The number of likely N-dealkylation sites (tertiary alicyclic amines) is 1. The lowest BCUT2D eigenvalue weighted by Gasteiger charge is -2.15. The highest BCUT2D eigenvalue weighted by molar-refractivity contribution is 7.99. The van der Waals surface area contributed by atoms with E-state index in [0.717, 1.165) is 30.2 Å². The Kier molecular flexibility index (Phi) is 6.09. The molecule has 25 heavy (non-hydrogen) atoms. The van der Waals surface area contributed by atoms with Crippen LogP contribution in [-0.2, 0) is 20.9 Å². The number of thioether (sulfide) groups is 1. The Labute approximate surface area is 154 Å². The fraction of sp³-hybridized carbons (Fsp3) is 0.500. The summed E-state index contributed by atoms with van der Waals surface area (Å²) in [5, 5.41) is 11.1. The van der Waals surface area contributed by atoms with Gasteiger partial charge in [-0.05, 0) is 24.8 Å². The maximum absolute atomic E-state index is 11.9. The Balaban J connectivity index is 1.48. The molecular formula is C16H20N4O3S2. The number of rotatable bonds is 8. The van der Waals surface area contributed by atoms with Gasteiger partial charge >= 0.3 is 5.97 Å². The van der Waals surface area contributed by atoms with Crippen LogP contribution in [0.3, 0.4) is 0 Å². The third-order valence-corrected chi connectivity index (χ3v) is 5.70. The van der Waals surface area contributed by atoms with Crippen LogP contribution in [-0.4, -0.2) is 57.0 Å². The van der Waals surface area contributed by atoms with E-state index in [9.17, 15) is 9.59 Å². The summed E-state index contributed by atoms with van der Waals surface area (Å²) in [6.07, 6.45) is 1.49. The highest BCUT2D eigenvalue weighted by Gasteiger charge is 2.20. The zero-order chi connectivity index (χ0) is 17.6.